The summed E-state index contributed by atoms with van der Waals surface area (Å²) >= 11 is 0. The van der Waals surface area contributed by atoms with Crippen LogP contribution in [0.15, 0.2) is 24.3 Å². The quantitative estimate of drug-likeness (QED) is 0.727. The Morgan fingerprint density at radius 1 is 0.955 bits per heavy atom. The van der Waals surface area contributed by atoms with Gasteiger partial charge in [-0.05, 0) is 37.1 Å². The summed E-state index contributed by atoms with van der Waals surface area (Å²) in [4.78, 5) is 34.5. The van der Waals surface area contributed by atoms with Crippen LogP contribution < -0.4 is 16.0 Å². The van der Waals surface area contributed by atoms with Crippen LogP contribution in [0, 0.1) is 0 Å². The smallest absolute Gasteiger partial charge is 0.233 e. The minimum absolute atomic E-state index is 0.152. The Bertz CT molecular complexity index is 548. The topological polar surface area (TPSA) is 87.3 Å². The molecule has 0 aromatic heterocycles. The Hall–Kier alpha value is -2.37. The molecule has 22 heavy (non-hydrogen) atoms. The van der Waals surface area contributed by atoms with E-state index in [1.54, 1.807) is 24.3 Å². The number of carbonyl (C=O) groups is 3. The Labute approximate surface area is 129 Å². The fraction of sp³-hybridized carbons (Fsp3) is 0.438. The number of hydrogen-bond donors (Lipinski definition) is 3. The molecule has 1 aromatic carbocycles. The summed E-state index contributed by atoms with van der Waals surface area (Å²) in [5.74, 6) is -0.734. The average Bonchev–Trinajstić information content (AvgIpc) is 2.93. The molecule has 0 atom stereocenters. The van der Waals surface area contributed by atoms with Crippen LogP contribution in [0.2, 0.25) is 0 Å². The molecule has 0 unspecified atom stereocenters. The van der Waals surface area contributed by atoms with E-state index in [-0.39, 0.29) is 30.2 Å². The van der Waals surface area contributed by atoms with E-state index < -0.39 is 0 Å². The second kappa shape index (κ2) is 7.59. The first-order chi connectivity index (χ1) is 10.5. The fourth-order valence-electron chi connectivity index (χ4n) is 2.54. The molecule has 0 spiro atoms. The minimum atomic E-state index is -0.345. The molecule has 0 aliphatic heterocycles. The van der Waals surface area contributed by atoms with E-state index in [2.05, 4.69) is 16.0 Å². The lowest BCUT2D eigenvalue weighted by atomic mass is 10.2. The van der Waals surface area contributed by atoms with E-state index in [1.807, 2.05) is 0 Å². The molecule has 6 nitrogen and oxygen atoms in total. The molecule has 1 saturated carbocycles. The van der Waals surface area contributed by atoms with Gasteiger partial charge < -0.3 is 16.0 Å². The summed E-state index contributed by atoms with van der Waals surface area (Å²) in [7, 11) is 0. The Morgan fingerprint density at radius 2 is 1.50 bits per heavy atom. The molecular weight excluding hydrogens is 282 g/mol. The molecule has 3 amide bonds. The van der Waals surface area contributed by atoms with Gasteiger partial charge in [-0.3, -0.25) is 14.4 Å². The van der Waals surface area contributed by atoms with Crippen LogP contribution in [0.5, 0.6) is 0 Å². The predicted octanol–water partition coefficient (Wildman–Crippen LogP) is 2.03. The van der Waals surface area contributed by atoms with Crippen LogP contribution in [0.1, 0.15) is 39.0 Å². The van der Waals surface area contributed by atoms with E-state index in [4.69, 9.17) is 0 Å². The highest BCUT2D eigenvalue weighted by Gasteiger charge is 2.18. The third-order valence-corrected chi connectivity index (χ3v) is 3.53. The second-order valence-corrected chi connectivity index (χ2v) is 5.53. The highest BCUT2D eigenvalue weighted by Crippen LogP contribution is 2.18. The summed E-state index contributed by atoms with van der Waals surface area (Å²) < 4.78 is 0. The van der Waals surface area contributed by atoms with E-state index >= 15 is 0 Å². The zero-order chi connectivity index (χ0) is 15.9. The first-order valence-corrected chi connectivity index (χ1v) is 7.50. The summed E-state index contributed by atoms with van der Waals surface area (Å²) in [6.45, 7) is 1.43. The summed E-state index contributed by atoms with van der Waals surface area (Å²) in [5, 5.41) is 8.19. The Balaban J connectivity index is 1.78. The zero-order valence-electron chi connectivity index (χ0n) is 12.6. The van der Waals surface area contributed by atoms with Crippen LogP contribution >= 0.6 is 0 Å². The van der Waals surface area contributed by atoms with Crippen molar-refractivity contribution in [2.45, 2.75) is 45.1 Å². The average molecular weight is 303 g/mol. The van der Waals surface area contributed by atoms with Crippen molar-refractivity contribution in [3.63, 3.8) is 0 Å². The van der Waals surface area contributed by atoms with Crippen LogP contribution in [0.4, 0.5) is 11.4 Å². The van der Waals surface area contributed by atoms with Gasteiger partial charge in [-0.2, -0.15) is 0 Å². The Morgan fingerprint density at radius 3 is 2.05 bits per heavy atom. The number of hydrogen-bond acceptors (Lipinski definition) is 3. The summed E-state index contributed by atoms with van der Waals surface area (Å²) in [6.07, 6.45) is 4.09. The molecule has 118 valence electrons. The molecule has 1 fully saturated rings. The third kappa shape index (κ3) is 5.20. The minimum Gasteiger partial charge on any atom is -0.353 e. The second-order valence-electron chi connectivity index (χ2n) is 5.53. The lowest BCUT2D eigenvalue weighted by Gasteiger charge is -2.12. The van der Waals surface area contributed by atoms with Gasteiger partial charge in [0, 0.05) is 24.3 Å². The first-order valence-electron chi connectivity index (χ1n) is 7.50. The number of amides is 3. The normalized spacial score (nSPS) is 14.4. The number of nitrogens with one attached hydrogen (secondary N) is 3. The molecule has 1 aromatic rings. The van der Waals surface area contributed by atoms with Crippen molar-refractivity contribution in [3.05, 3.63) is 24.3 Å². The monoisotopic (exact) mass is 303 g/mol. The standard InChI is InChI=1S/C16H21N3O3/c1-11(20)17-13-6-8-14(9-7-13)19-16(22)10-15(21)18-12-4-2-3-5-12/h6-9,12H,2-5,10H2,1H3,(H,17,20)(H,18,21)(H,19,22). The highest BCUT2D eigenvalue weighted by atomic mass is 16.2. The molecular formula is C16H21N3O3. The number of benzene rings is 1. The number of rotatable bonds is 5. The van der Waals surface area contributed by atoms with E-state index in [0.717, 1.165) is 25.7 Å². The molecule has 2 rings (SSSR count). The lowest BCUT2D eigenvalue weighted by molar-refractivity contribution is -0.127. The Kier molecular flexibility index (Phi) is 5.52. The largest absolute Gasteiger partial charge is 0.353 e. The third-order valence-electron chi connectivity index (χ3n) is 3.53. The fourth-order valence-corrected chi connectivity index (χ4v) is 2.54. The van der Waals surface area contributed by atoms with Crippen molar-refractivity contribution in [1.29, 1.82) is 0 Å². The number of carbonyl (C=O) groups excluding carboxylic acids is 3. The first kappa shape index (κ1) is 16.0. The van der Waals surface area contributed by atoms with Gasteiger partial charge in [-0.15, -0.1) is 0 Å². The van der Waals surface area contributed by atoms with Crippen LogP contribution in [-0.4, -0.2) is 23.8 Å². The van der Waals surface area contributed by atoms with E-state index in [1.165, 1.54) is 6.92 Å². The van der Waals surface area contributed by atoms with Gasteiger partial charge in [0.2, 0.25) is 17.7 Å². The SMILES string of the molecule is CC(=O)Nc1ccc(NC(=O)CC(=O)NC2CCCC2)cc1. The van der Waals surface area contributed by atoms with Gasteiger partial charge in [0.15, 0.2) is 0 Å². The highest BCUT2D eigenvalue weighted by molar-refractivity contribution is 6.03. The predicted molar refractivity (Wildman–Crippen MR) is 84.4 cm³/mol. The summed E-state index contributed by atoms with van der Waals surface area (Å²) in [5.41, 5.74) is 1.25. The maximum Gasteiger partial charge on any atom is 0.233 e. The molecule has 0 saturated heterocycles. The summed E-state index contributed by atoms with van der Waals surface area (Å²) in [6, 6.07) is 6.96. The van der Waals surface area contributed by atoms with Gasteiger partial charge in [0.1, 0.15) is 6.42 Å². The maximum atomic E-state index is 11.8. The van der Waals surface area contributed by atoms with Gasteiger partial charge in [-0.1, -0.05) is 12.8 Å². The van der Waals surface area contributed by atoms with Crippen molar-refractivity contribution < 1.29 is 14.4 Å². The van der Waals surface area contributed by atoms with Crippen molar-refractivity contribution in [2.24, 2.45) is 0 Å². The van der Waals surface area contributed by atoms with Crippen LogP contribution in [-0.2, 0) is 14.4 Å². The number of anilines is 2. The zero-order valence-corrected chi connectivity index (χ0v) is 12.6. The molecule has 3 N–H and O–H groups in total. The van der Waals surface area contributed by atoms with Gasteiger partial charge in [0.05, 0.1) is 0 Å². The van der Waals surface area contributed by atoms with Gasteiger partial charge >= 0.3 is 0 Å². The molecule has 0 bridgehead atoms. The van der Waals surface area contributed by atoms with Crippen molar-refractivity contribution in [3.8, 4) is 0 Å². The van der Waals surface area contributed by atoms with Crippen molar-refractivity contribution in [2.75, 3.05) is 10.6 Å². The van der Waals surface area contributed by atoms with Crippen LogP contribution in [0.25, 0.3) is 0 Å². The van der Waals surface area contributed by atoms with Crippen LogP contribution in [0.3, 0.4) is 0 Å². The maximum absolute atomic E-state index is 11.8. The molecule has 1 aliphatic carbocycles. The molecule has 0 heterocycles. The molecule has 0 radical (unpaired) electrons. The lowest BCUT2D eigenvalue weighted by Crippen LogP contribution is -2.35. The molecule has 6 heteroatoms. The van der Waals surface area contributed by atoms with Gasteiger partial charge in [-0.25, -0.2) is 0 Å². The van der Waals surface area contributed by atoms with Crippen molar-refractivity contribution in [1.82, 2.24) is 5.32 Å². The molecule has 1 aliphatic rings. The van der Waals surface area contributed by atoms with E-state index in [0.29, 0.717) is 11.4 Å². The van der Waals surface area contributed by atoms with Crippen molar-refractivity contribution >= 4 is 29.1 Å². The van der Waals surface area contributed by atoms with Gasteiger partial charge in [0.25, 0.3) is 0 Å². The van der Waals surface area contributed by atoms with E-state index in [9.17, 15) is 14.4 Å².